The van der Waals surface area contributed by atoms with E-state index in [2.05, 4.69) is 67.3 Å². The SMILES string of the molecule is C=C(C=CC1C=CC=C1)C1C=CC=C1. The first-order chi connectivity index (χ1) is 6.86. The Labute approximate surface area is 85.3 Å². The van der Waals surface area contributed by atoms with E-state index in [1.807, 2.05) is 0 Å². The molecule has 2 aliphatic rings. The predicted octanol–water partition coefficient (Wildman–Crippen LogP) is 3.58. The lowest BCUT2D eigenvalue weighted by molar-refractivity contribution is 1.01. The van der Waals surface area contributed by atoms with Gasteiger partial charge in [0.15, 0.2) is 0 Å². The van der Waals surface area contributed by atoms with Crippen LogP contribution in [0.2, 0.25) is 0 Å². The molecule has 0 aromatic rings. The Morgan fingerprint density at radius 2 is 1.50 bits per heavy atom. The van der Waals surface area contributed by atoms with Crippen LogP contribution in [0.1, 0.15) is 0 Å². The van der Waals surface area contributed by atoms with Crippen LogP contribution in [0, 0.1) is 11.8 Å². The Kier molecular flexibility index (Phi) is 2.64. The monoisotopic (exact) mass is 182 g/mol. The van der Waals surface area contributed by atoms with Crippen molar-refractivity contribution < 1.29 is 0 Å². The Hall–Kier alpha value is -1.56. The fourth-order valence-corrected chi connectivity index (χ4v) is 1.60. The fourth-order valence-electron chi connectivity index (χ4n) is 1.60. The van der Waals surface area contributed by atoms with E-state index in [9.17, 15) is 0 Å². The van der Waals surface area contributed by atoms with Crippen molar-refractivity contribution in [3.63, 3.8) is 0 Å². The van der Waals surface area contributed by atoms with Gasteiger partial charge in [0.05, 0.1) is 0 Å². The van der Waals surface area contributed by atoms with Gasteiger partial charge in [0.2, 0.25) is 0 Å². The van der Waals surface area contributed by atoms with Gasteiger partial charge in [-0.25, -0.2) is 0 Å². The molecule has 0 radical (unpaired) electrons. The molecule has 0 spiro atoms. The van der Waals surface area contributed by atoms with Crippen molar-refractivity contribution in [2.24, 2.45) is 11.8 Å². The van der Waals surface area contributed by atoms with Crippen LogP contribution < -0.4 is 0 Å². The molecule has 14 heavy (non-hydrogen) atoms. The van der Waals surface area contributed by atoms with Gasteiger partial charge in [-0.15, -0.1) is 0 Å². The molecule has 0 aliphatic heterocycles. The van der Waals surface area contributed by atoms with Crippen LogP contribution in [0.15, 0.2) is 72.9 Å². The zero-order valence-corrected chi connectivity index (χ0v) is 8.14. The Balaban J connectivity index is 1.93. The summed E-state index contributed by atoms with van der Waals surface area (Å²) in [5.74, 6) is 0.863. The van der Waals surface area contributed by atoms with Crippen molar-refractivity contribution in [1.29, 1.82) is 0 Å². The lowest BCUT2D eigenvalue weighted by Gasteiger charge is -2.04. The van der Waals surface area contributed by atoms with Crippen LogP contribution in [-0.2, 0) is 0 Å². The predicted molar refractivity (Wildman–Crippen MR) is 61.8 cm³/mol. The van der Waals surface area contributed by atoms with E-state index in [0.29, 0.717) is 11.8 Å². The van der Waals surface area contributed by atoms with Gasteiger partial charge in [-0.05, 0) is 5.57 Å². The van der Waals surface area contributed by atoms with Crippen LogP contribution in [0.25, 0.3) is 0 Å². The van der Waals surface area contributed by atoms with E-state index < -0.39 is 0 Å². The molecule has 0 aromatic carbocycles. The second-order valence-corrected chi connectivity index (χ2v) is 3.58. The molecule has 0 saturated carbocycles. The van der Waals surface area contributed by atoms with E-state index in [0.717, 1.165) is 5.57 Å². The van der Waals surface area contributed by atoms with Crippen LogP contribution in [0.3, 0.4) is 0 Å². The Bertz CT molecular complexity index is 337. The van der Waals surface area contributed by atoms with Gasteiger partial charge >= 0.3 is 0 Å². The molecule has 2 aliphatic carbocycles. The zero-order valence-electron chi connectivity index (χ0n) is 8.14. The molecule has 0 heterocycles. The first-order valence-corrected chi connectivity index (χ1v) is 4.93. The zero-order chi connectivity index (χ0) is 9.80. The largest absolute Gasteiger partial charge is 0.0949 e. The van der Waals surface area contributed by atoms with Crippen LogP contribution in [0.5, 0.6) is 0 Å². The van der Waals surface area contributed by atoms with Gasteiger partial charge in [0.1, 0.15) is 0 Å². The first kappa shape index (κ1) is 9.01. The molecule has 2 rings (SSSR count). The summed E-state index contributed by atoms with van der Waals surface area (Å²) in [7, 11) is 0. The smallest absolute Gasteiger partial charge is 0.0198 e. The molecule has 0 amide bonds. The summed E-state index contributed by atoms with van der Waals surface area (Å²) in [4.78, 5) is 0. The van der Waals surface area contributed by atoms with Crippen molar-refractivity contribution in [1.82, 2.24) is 0 Å². The molecular weight excluding hydrogens is 168 g/mol. The molecule has 0 bridgehead atoms. The Morgan fingerprint density at radius 1 is 0.929 bits per heavy atom. The normalized spacial score (nSPS) is 20.6. The quantitative estimate of drug-likeness (QED) is 0.585. The second-order valence-electron chi connectivity index (χ2n) is 3.58. The number of hydrogen-bond acceptors (Lipinski definition) is 0. The van der Waals surface area contributed by atoms with Crippen molar-refractivity contribution in [2.45, 2.75) is 0 Å². The third kappa shape index (κ3) is 2.02. The van der Waals surface area contributed by atoms with Crippen molar-refractivity contribution in [2.75, 3.05) is 0 Å². The molecule has 0 N–H and O–H groups in total. The molecule has 0 fully saturated rings. The molecule has 0 heteroatoms. The molecule has 0 unspecified atom stereocenters. The minimum Gasteiger partial charge on any atom is -0.0949 e. The van der Waals surface area contributed by atoms with Gasteiger partial charge in [-0.3, -0.25) is 0 Å². The summed E-state index contributed by atoms with van der Waals surface area (Å²) < 4.78 is 0. The van der Waals surface area contributed by atoms with E-state index in [1.54, 1.807) is 0 Å². The molecule has 0 nitrogen and oxygen atoms in total. The molecule has 0 aromatic heterocycles. The highest BCUT2D eigenvalue weighted by atomic mass is 14.1. The third-order valence-corrected chi connectivity index (χ3v) is 2.49. The summed E-state index contributed by atoms with van der Waals surface area (Å²) in [6.45, 7) is 4.06. The summed E-state index contributed by atoms with van der Waals surface area (Å²) in [5, 5.41) is 0. The third-order valence-electron chi connectivity index (χ3n) is 2.49. The molecular formula is C14H14. The summed E-state index contributed by atoms with van der Waals surface area (Å²) in [6, 6.07) is 0. The fraction of sp³-hybridized carbons (Fsp3) is 0.143. The van der Waals surface area contributed by atoms with Gasteiger partial charge in [0.25, 0.3) is 0 Å². The highest BCUT2D eigenvalue weighted by molar-refractivity contribution is 5.34. The number of rotatable bonds is 3. The lowest BCUT2D eigenvalue weighted by Crippen LogP contribution is -1.91. The van der Waals surface area contributed by atoms with Crippen molar-refractivity contribution >= 4 is 0 Å². The van der Waals surface area contributed by atoms with E-state index in [4.69, 9.17) is 0 Å². The molecule has 0 saturated heterocycles. The summed E-state index contributed by atoms with van der Waals surface area (Å²) >= 11 is 0. The lowest BCUT2D eigenvalue weighted by atomic mass is 10.0. The van der Waals surface area contributed by atoms with Crippen molar-refractivity contribution in [3.8, 4) is 0 Å². The summed E-state index contributed by atoms with van der Waals surface area (Å²) in [6.07, 6.45) is 21.3. The van der Waals surface area contributed by atoms with E-state index in [1.165, 1.54) is 0 Å². The van der Waals surface area contributed by atoms with E-state index in [-0.39, 0.29) is 0 Å². The van der Waals surface area contributed by atoms with Crippen LogP contribution >= 0.6 is 0 Å². The number of allylic oxidation sites excluding steroid dienone is 11. The maximum Gasteiger partial charge on any atom is 0.0198 e. The Morgan fingerprint density at radius 3 is 2.14 bits per heavy atom. The van der Waals surface area contributed by atoms with Crippen molar-refractivity contribution in [3.05, 3.63) is 72.9 Å². The topological polar surface area (TPSA) is 0 Å². The molecule has 70 valence electrons. The average Bonchev–Trinajstić information content (AvgIpc) is 2.87. The standard InChI is InChI=1S/C14H14/c1-12(14-8-4-5-9-14)10-11-13-6-2-3-7-13/h2-11,13-14H,1H2. The minimum atomic E-state index is 0.403. The maximum absolute atomic E-state index is 4.06. The number of hydrogen-bond donors (Lipinski definition) is 0. The molecule has 0 atom stereocenters. The highest BCUT2D eigenvalue weighted by Crippen LogP contribution is 2.20. The minimum absolute atomic E-state index is 0.403. The summed E-state index contributed by atoms with van der Waals surface area (Å²) in [5.41, 5.74) is 1.16. The van der Waals surface area contributed by atoms with Gasteiger partial charge in [-0.2, -0.15) is 0 Å². The van der Waals surface area contributed by atoms with Gasteiger partial charge < -0.3 is 0 Å². The van der Waals surface area contributed by atoms with Gasteiger partial charge in [0, 0.05) is 11.8 Å². The van der Waals surface area contributed by atoms with Crippen LogP contribution in [0.4, 0.5) is 0 Å². The maximum atomic E-state index is 4.06. The average molecular weight is 182 g/mol. The first-order valence-electron chi connectivity index (χ1n) is 4.93. The van der Waals surface area contributed by atoms with Crippen LogP contribution in [-0.4, -0.2) is 0 Å². The highest BCUT2D eigenvalue weighted by Gasteiger charge is 2.05. The van der Waals surface area contributed by atoms with Gasteiger partial charge in [-0.1, -0.05) is 67.3 Å². The second kappa shape index (κ2) is 4.10. The van der Waals surface area contributed by atoms with E-state index >= 15 is 0 Å².